The number of ether oxygens (including phenoxy) is 1. The number of rotatable bonds is 2. The van der Waals surface area contributed by atoms with Gasteiger partial charge in [0.05, 0.1) is 12.7 Å². The summed E-state index contributed by atoms with van der Waals surface area (Å²) in [4.78, 5) is 11.0. The van der Waals surface area contributed by atoms with Gasteiger partial charge in [-0.15, -0.1) is 0 Å². The third-order valence-electron chi connectivity index (χ3n) is 2.07. The van der Waals surface area contributed by atoms with E-state index in [4.69, 9.17) is 0 Å². The lowest BCUT2D eigenvalue weighted by atomic mass is 10.0. The minimum absolute atomic E-state index is 0.497. The summed E-state index contributed by atoms with van der Waals surface area (Å²) in [5.74, 6) is -1.77. The van der Waals surface area contributed by atoms with Crippen LogP contribution in [0.1, 0.15) is 17.2 Å². The molecule has 1 aromatic rings. The molecule has 1 aromatic carbocycles. The molecule has 0 aromatic heterocycles. The number of alkyl halides is 3. The topological polar surface area (TPSA) is 66.8 Å². The summed E-state index contributed by atoms with van der Waals surface area (Å²) in [6.07, 6.45) is -6.58. The van der Waals surface area contributed by atoms with Gasteiger partial charge in [-0.1, -0.05) is 0 Å². The van der Waals surface area contributed by atoms with Crippen molar-refractivity contribution in [1.29, 1.82) is 0 Å². The molecule has 7 heteroatoms. The van der Waals surface area contributed by atoms with Crippen LogP contribution in [0.2, 0.25) is 0 Å². The highest BCUT2D eigenvalue weighted by molar-refractivity contribution is 5.77. The number of hydrogen-bond donors (Lipinski definition) is 2. The maximum atomic E-state index is 12.4. The molecular weight excluding hydrogens is 241 g/mol. The normalized spacial score (nSPS) is 13.2. The first-order valence-electron chi connectivity index (χ1n) is 4.43. The van der Waals surface area contributed by atoms with Gasteiger partial charge < -0.3 is 14.9 Å². The van der Waals surface area contributed by atoms with E-state index in [1.807, 2.05) is 0 Å². The van der Waals surface area contributed by atoms with Crippen LogP contribution in [-0.4, -0.2) is 23.3 Å². The van der Waals surface area contributed by atoms with E-state index in [9.17, 15) is 28.2 Å². The Hall–Kier alpha value is -1.76. The average molecular weight is 250 g/mol. The minimum atomic E-state index is -4.63. The Kier molecular flexibility index (Phi) is 3.62. The predicted molar refractivity (Wildman–Crippen MR) is 50.1 cm³/mol. The van der Waals surface area contributed by atoms with Crippen molar-refractivity contribution in [1.82, 2.24) is 0 Å². The quantitative estimate of drug-likeness (QED) is 0.783. The van der Waals surface area contributed by atoms with Crippen LogP contribution in [0.25, 0.3) is 0 Å². The lowest BCUT2D eigenvalue weighted by Crippen LogP contribution is -2.15. The molecule has 0 bridgehead atoms. The van der Waals surface area contributed by atoms with E-state index in [-0.39, 0.29) is 0 Å². The second-order valence-corrected chi connectivity index (χ2v) is 3.20. The standard InChI is InChI=1S/C10H9F3O4/c1-17-9(16)8(15)6-4-5(10(11,12)13)2-3-7(6)14/h2-4,8,14-15H,1H3. The summed E-state index contributed by atoms with van der Waals surface area (Å²) in [5.41, 5.74) is -1.63. The van der Waals surface area contributed by atoms with E-state index in [1.54, 1.807) is 0 Å². The zero-order chi connectivity index (χ0) is 13.2. The Balaban J connectivity index is 3.20. The maximum Gasteiger partial charge on any atom is 0.416 e. The Morgan fingerprint density at radius 2 is 2.00 bits per heavy atom. The van der Waals surface area contributed by atoms with Crippen molar-refractivity contribution in [3.63, 3.8) is 0 Å². The second-order valence-electron chi connectivity index (χ2n) is 3.20. The van der Waals surface area contributed by atoms with E-state index in [1.165, 1.54) is 0 Å². The van der Waals surface area contributed by atoms with Crippen LogP contribution in [0.5, 0.6) is 5.75 Å². The highest BCUT2D eigenvalue weighted by Crippen LogP contribution is 2.34. The van der Waals surface area contributed by atoms with Gasteiger partial charge >= 0.3 is 12.1 Å². The molecule has 0 fully saturated rings. The van der Waals surface area contributed by atoms with Crippen LogP contribution in [0.3, 0.4) is 0 Å². The molecule has 0 spiro atoms. The first kappa shape index (κ1) is 13.3. The molecule has 0 saturated heterocycles. The van der Waals surface area contributed by atoms with Crippen molar-refractivity contribution in [3.05, 3.63) is 29.3 Å². The fourth-order valence-corrected chi connectivity index (χ4v) is 1.19. The van der Waals surface area contributed by atoms with Crippen molar-refractivity contribution in [2.24, 2.45) is 0 Å². The van der Waals surface area contributed by atoms with Gasteiger partial charge in [-0.3, -0.25) is 0 Å². The molecule has 17 heavy (non-hydrogen) atoms. The number of hydrogen-bond acceptors (Lipinski definition) is 4. The van der Waals surface area contributed by atoms with Crippen molar-refractivity contribution < 1.29 is 32.9 Å². The van der Waals surface area contributed by atoms with Gasteiger partial charge in [0.25, 0.3) is 0 Å². The summed E-state index contributed by atoms with van der Waals surface area (Å²) in [6.45, 7) is 0. The first-order valence-corrected chi connectivity index (χ1v) is 4.43. The zero-order valence-corrected chi connectivity index (χ0v) is 8.65. The number of halogens is 3. The van der Waals surface area contributed by atoms with E-state index in [2.05, 4.69) is 4.74 Å². The predicted octanol–water partition coefficient (Wildman–Crippen LogP) is 1.62. The number of aromatic hydroxyl groups is 1. The molecule has 0 radical (unpaired) electrons. The Morgan fingerprint density at radius 3 is 2.47 bits per heavy atom. The molecule has 0 aliphatic carbocycles. The number of carbonyl (C=O) groups excluding carboxylic acids is 1. The van der Waals surface area contributed by atoms with Gasteiger partial charge in [-0.25, -0.2) is 4.79 Å². The highest BCUT2D eigenvalue weighted by Gasteiger charge is 2.32. The smallest absolute Gasteiger partial charge is 0.416 e. The van der Waals surface area contributed by atoms with Crippen molar-refractivity contribution in [2.45, 2.75) is 12.3 Å². The van der Waals surface area contributed by atoms with Gasteiger partial charge in [-0.2, -0.15) is 13.2 Å². The number of phenols is 1. The molecule has 4 nitrogen and oxygen atoms in total. The number of benzene rings is 1. The monoisotopic (exact) mass is 250 g/mol. The van der Waals surface area contributed by atoms with Crippen LogP contribution in [0.4, 0.5) is 13.2 Å². The molecule has 0 heterocycles. The number of esters is 1. The molecule has 0 aliphatic rings. The Labute approximate surface area is 94.3 Å². The van der Waals surface area contributed by atoms with Crippen LogP contribution in [0.15, 0.2) is 18.2 Å². The summed E-state index contributed by atoms with van der Waals surface area (Å²) >= 11 is 0. The number of aliphatic hydroxyl groups excluding tert-OH is 1. The van der Waals surface area contributed by atoms with E-state index >= 15 is 0 Å². The molecule has 2 N–H and O–H groups in total. The first-order chi connectivity index (χ1) is 7.77. The average Bonchev–Trinajstić information content (AvgIpc) is 2.26. The van der Waals surface area contributed by atoms with Crippen LogP contribution in [0, 0.1) is 0 Å². The molecule has 1 atom stereocenters. The maximum absolute atomic E-state index is 12.4. The van der Waals surface area contributed by atoms with E-state index in [0.717, 1.165) is 13.2 Å². The van der Waals surface area contributed by atoms with Crippen molar-refractivity contribution in [2.75, 3.05) is 7.11 Å². The number of phenolic OH excluding ortho intramolecular Hbond substituents is 1. The molecule has 0 saturated carbocycles. The third-order valence-corrected chi connectivity index (χ3v) is 2.07. The summed E-state index contributed by atoms with van der Waals surface area (Å²) in [7, 11) is 0.968. The van der Waals surface area contributed by atoms with Crippen molar-refractivity contribution >= 4 is 5.97 Å². The van der Waals surface area contributed by atoms with Gasteiger partial charge in [0, 0.05) is 5.56 Å². The lowest BCUT2D eigenvalue weighted by Gasteiger charge is -2.13. The Morgan fingerprint density at radius 1 is 1.41 bits per heavy atom. The molecule has 1 unspecified atom stereocenters. The molecular formula is C10H9F3O4. The number of carbonyl (C=O) groups is 1. The second kappa shape index (κ2) is 4.62. The SMILES string of the molecule is COC(=O)C(O)c1cc(C(F)(F)F)ccc1O. The molecule has 94 valence electrons. The summed E-state index contributed by atoms with van der Waals surface area (Å²) in [6, 6.07) is 1.89. The van der Waals surface area contributed by atoms with Gasteiger partial charge in [0.2, 0.25) is 0 Å². The van der Waals surface area contributed by atoms with Crippen LogP contribution in [-0.2, 0) is 15.7 Å². The third kappa shape index (κ3) is 2.88. The van der Waals surface area contributed by atoms with E-state index < -0.39 is 35.1 Å². The van der Waals surface area contributed by atoms with Crippen LogP contribution < -0.4 is 0 Å². The molecule has 0 amide bonds. The fourth-order valence-electron chi connectivity index (χ4n) is 1.19. The summed E-state index contributed by atoms with van der Waals surface area (Å²) in [5, 5.41) is 18.6. The fraction of sp³-hybridized carbons (Fsp3) is 0.300. The minimum Gasteiger partial charge on any atom is -0.508 e. The Bertz CT molecular complexity index is 428. The zero-order valence-electron chi connectivity index (χ0n) is 8.65. The molecule has 1 rings (SSSR count). The molecule has 0 aliphatic heterocycles. The van der Waals surface area contributed by atoms with Gasteiger partial charge in [0.1, 0.15) is 5.75 Å². The van der Waals surface area contributed by atoms with Gasteiger partial charge in [0.15, 0.2) is 6.10 Å². The van der Waals surface area contributed by atoms with Crippen LogP contribution >= 0.6 is 0 Å². The number of aliphatic hydroxyl groups is 1. The van der Waals surface area contributed by atoms with Gasteiger partial charge in [-0.05, 0) is 18.2 Å². The highest BCUT2D eigenvalue weighted by atomic mass is 19.4. The summed E-state index contributed by atoms with van der Waals surface area (Å²) < 4.78 is 41.3. The van der Waals surface area contributed by atoms with E-state index in [0.29, 0.717) is 12.1 Å². The number of methoxy groups -OCH3 is 1. The largest absolute Gasteiger partial charge is 0.508 e. The van der Waals surface area contributed by atoms with Crippen molar-refractivity contribution in [3.8, 4) is 5.75 Å². The lowest BCUT2D eigenvalue weighted by molar-refractivity contribution is -0.151.